The van der Waals surface area contributed by atoms with Crippen LogP contribution in [0.25, 0.3) is 0 Å². The summed E-state index contributed by atoms with van der Waals surface area (Å²) in [6.07, 6.45) is 9.00. The summed E-state index contributed by atoms with van der Waals surface area (Å²) < 4.78 is 0. The van der Waals surface area contributed by atoms with E-state index in [2.05, 4.69) is 45.9 Å². The average Bonchev–Trinajstić information content (AvgIpc) is 1.98. The molecule has 0 bridgehead atoms. The molecule has 0 aromatic carbocycles. The van der Waals surface area contributed by atoms with Gasteiger partial charge in [0, 0.05) is 0 Å². The molecule has 0 atom stereocenters. The van der Waals surface area contributed by atoms with E-state index in [1.165, 1.54) is 18.4 Å². The second-order valence-corrected chi connectivity index (χ2v) is 3.16. The van der Waals surface area contributed by atoms with Crippen LogP contribution in [0.3, 0.4) is 0 Å². The second-order valence-electron chi connectivity index (χ2n) is 3.16. The molecule has 0 N–H and O–H groups in total. The van der Waals surface area contributed by atoms with Gasteiger partial charge in [-0.3, -0.25) is 0 Å². The Labute approximate surface area is 71.0 Å². The third kappa shape index (κ3) is 5.90. The predicted molar refractivity (Wildman–Crippen MR) is 52.6 cm³/mol. The average molecular weight is 152 g/mol. The molecular formula is C11H20. The van der Waals surface area contributed by atoms with Crippen molar-refractivity contribution in [3.8, 4) is 0 Å². The summed E-state index contributed by atoms with van der Waals surface area (Å²) in [6, 6.07) is 0. The Morgan fingerprint density at radius 3 is 2.09 bits per heavy atom. The monoisotopic (exact) mass is 152 g/mol. The highest BCUT2D eigenvalue weighted by Crippen LogP contribution is 2.05. The van der Waals surface area contributed by atoms with E-state index in [-0.39, 0.29) is 0 Å². The fourth-order valence-corrected chi connectivity index (χ4v) is 0.900. The molecule has 0 spiro atoms. The minimum atomic E-state index is 0.668. The van der Waals surface area contributed by atoms with Gasteiger partial charge in [-0.2, -0.15) is 0 Å². The fraction of sp³-hybridized carbons (Fsp3) is 0.636. The van der Waals surface area contributed by atoms with Crippen LogP contribution >= 0.6 is 0 Å². The lowest BCUT2D eigenvalue weighted by Crippen LogP contribution is -1.78. The molecule has 0 radical (unpaired) electrons. The van der Waals surface area contributed by atoms with Crippen molar-refractivity contribution < 1.29 is 0 Å². The van der Waals surface area contributed by atoms with Crippen molar-refractivity contribution in [2.24, 2.45) is 5.92 Å². The third-order valence-electron chi connectivity index (χ3n) is 1.74. The summed E-state index contributed by atoms with van der Waals surface area (Å²) in [7, 11) is 0. The van der Waals surface area contributed by atoms with Gasteiger partial charge >= 0.3 is 0 Å². The van der Waals surface area contributed by atoms with Crippen LogP contribution in [0.2, 0.25) is 0 Å². The Hall–Kier alpha value is -0.520. The van der Waals surface area contributed by atoms with Gasteiger partial charge < -0.3 is 0 Å². The van der Waals surface area contributed by atoms with E-state index >= 15 is 0 Å². The normalized spacial score (nSPS) is 11.0. The molecule has 0 aliphatic rings. The van der Waals surface area contributed by atoms with Gasteiger partial charge in [0.2, 0.25) is 0 Å². The van der Waals surface area contributed by atoms with Gasteiger partial charge in [-0.1, -0.05) is 51.5 Å². The molecule has 0 amide bonds. The van der Waals surface area contributed by atoms with Crippen LogP contribution in [-0.4, -0.2) is 0 Å². The smallest absolute Gasteiger partial charge is 0.0287 e. The van der Waals surface area contributed by atoms with Crippen LogP contribution in [0, 0.1) is 5.92 Å². The minimum Gasteiger partial charge on any atom is -0.0820 e. The van der Waals surface area contributed by atoms with E-state index in [1.807, 2.05) is 0 Å². The van der Waals surface area contributed by atoms with Crippen molar-refractivity contribution in [3.05, 3.63) is 23.8 Å². The second kappa shape index (κ2) is 6.21. The number of hydrogen-bond acceptors (Lipinski definition) is 0. The first-order chi connectivity index (χ1) is 5.20. The Morgan fingerprint density at radius 2 is 1.73 bits per heavy atom. The van der Waals surface area contributed by atoms with Crippen LogP contribution in [0.4, 0.5) is 0 Å². The van der Waals surface area contributed by atoms with E-state index in [4.69, 9.17) is 0 Å². The minimum absolute atomic E-state index is 0.668. The van der Waals surface area contributed by atoms with Crippen molar-refractivity contribution in [2.45, 2.75) is 40.5 Å². The Bertz CT molecular complexity index is 132. The van der Waals surface area contributed by atoms with Gasteiger partial charge in [0.1, 0.15) is 0 Å². The molecule has 0 heterocycles. The quantitative estimate of drug-likeness (QED) is 0.535. The first-order valence-electron chi connectivity index (χ1n) is 4.56. The van der Waals surface area contributed by atoms with Gasteiger partial charge in [0.25, 0.3) is 0 Å². The molecular weight excluding hydrogens is 132 g/mol. The lowest BCUT2D eigenvalue weighted by Gasteiger charge is -1.96. The predicted octanol–water partition coefficient (Wildman–Crippen LogP) is 3.95. The van der Waals surface area contributed by atoms with Crippen LogP contribution in [0.1, 0.15) is 40.5 Å². The highest BCUT2D eigenvalue weighted by molar-refractivity contribution is 5.12. The Morgan fingerprint density at radius 1 is 1.18 bits per heavy atom. The maximum atomic E-state index is 2.24. The van der Waals surface area contributed by atoms with Crippen molar-refractivity contribution in [1.29, 1.82) is 0 Å². The molecule has 0 rings (SSSR count). The summed E-state index contributed by atoms with van der Waals surface area (Å²) >= 11 is 0. The van der Waals surface area contributed by atoms with E-state index in [9.17, 15) is 0 Å². The molecule has 0 aromatic heterocycles. The van der Waals surface area contributed by atoms with Crippen molar-refractivity contribution in [3.63, 3.8) is 0 Å². The largest absolute Gasteiger partial charge is 0.0820 e. The molecule has 11 heavy (non-hydrogen) atoms. The van der Waals surface area contributed by atoms with E-state index < -0.39 is 0 Å². The SMILES string of the molecule is CCC(=C/C=C\C(C)C)CC. The van der Waals surface area contributed by atoms with Crippen molar-refractivity contribution in [1.82, 2.24) is 0 Å². The molecule has 0 aromatic rings. The molecule has 64 valence electrons. The van der Waals surface area contributed by atoms with E-state index in [0.717, 1.165) is 0 Å². The molecule has 0 fully saturated rings. The van der Waals surface area contributed by atoms with Gasteiger partial charge in [0.05, 0.1) is 0 Å². The lowest BCUT2D eigenvalue weighted by atomic mass is 10.1. The zero-order valence-corrected chi connectivity index (χ0v) is 8.22. The Balaban J connectivity index is 3.87. The molecule has 0 saturated heterocycles. The molecule has 0 unspecified atom stereocenters. The summed E-state index contributed by atoms with van der Waals surface area (Å²) in [6.45, 7) is 8.81. The van der Waals surface area contributed by atoms with Gasteiger partial charge in [-0.25, -0.2) is 0 Å². The molecule has 0 heteroatoms. The maximum Gasteiger partial charge on any atom is -0.0287 e. The highest BCUT2D eigenvalue weighted by Gasteiger charge is 1.86. The standard InChI is InChI=1S/C11H20/c1-5-11(6-2)9-7-8-10(3)4/h7-10H,5-6H2,1-4H3/b8-7-. The fourth-order valence-electron chi connectivity index (χ4n) is 0.900. The lowest BCUT2D eigenvalue weighted by molar-refractivity contribution is 0.831. The van der Waals surface area contributed by atoms with E-state index in [1.54, 1.807) is 0 Å². The molecule has 0 aliphatic heterocycles. The first-order valence-corrected chi connectivity index (χ1v) is 4.56. The van der Waals surface area contributed by atoms with Gasteiger partial charge in [-0.15, -0.1) is 0 Å². The van der Waals surface area contributed by atoms with Crippen LogP contribution in [-0.2, 0) is 0 Å². The van der Waals surface area contributed by atoms with E-state index in [0.29, 0.717) is 5.92 Å². The maximum absolute atomic E-state index is 2.24. The topological polar surface area (TPSA) is 0 Å². The highest BCUT2D eigenvalue weighted by atomic mass is 13.9. The zero-order chi connectivity index (χ0) is 8.69. The van der Waals surface area contributed by atoms with Crippen molar-refractivity contribution in [2.75, 3.05) is 0 Å². The number of hydrogen-bond donors (Lipinski definition) is 0. The van der Waals surface area contributed by atoms with Crippen LogP contribution in [0.5, 0.6) is 0 Å². The number of rotatable bonds is 4. The summed E-state index contributed by atoms with van der Waals surface area (Å²) in [4.78, 5) is 0. The summed E-state index contributed by atoms with van der Waals surface area (Å²) in [5, 5.41) is 0. The summed E-state index contributed by atoms with van der Waals surface area (Å²) in [5.41, 5.74) is 1.53. The Kier molecular flexibility index (Phi) is 5.91. The van der Waals surface area contributed by atoms with Gasteiger partial charge in [-0.05, 0) is 18.8 Å². The zero-order valence-electron chi connectivity index (χ0n) is 8.22. The molecule has 0 nitrogen and oxygen atoms in total. The number of allylic oxidation sites excluding steroid dienone is 4. The van der Waals surface area contributed by atoms with Crippen LogP contribution in [0.15, 0.2) is 23.8 Å². The van der Waals surface area contributed by atoms with Crippen LogP contribution < -0.4 is 0 Å². The molecule has 0 aliphatic carbocycles. The third-order valence-corrected chi connectivity index (χ3v) is 1.74. The molecule has 0 saturated carbocycles. The summed E-state index contributed by atoms with van der Waals surface area (Å²) in [5.74, 6) is 0.668. The first kappa shape index (κ1) is 10.5. The van der Waals surface area contributed by atoms with Crippen molar-refractivity contribution >= 4 is 0 Å². The van der Waals surface area contributed by atoms with Gasteiger partial charge in [0.15, 0.2) is 0 Å².